The predicted octanol–water partition coefficient (Wildman–Crippen LogP) is 0.241. The van der Waals surface area contributed by atoms with Crippen LogP contribution < -0.4 is 0 Å². The Kier molecular flexibility index (Phi) is 6.83. The fourth-order valence-corrected chi connectivity index (χ4v) is 1.39. The molecule has 1 radical (unpaired) electrons. The molecule has 0 bridgehead atoms. The number of carbonyl (C=O) groups is 1. The molecule has 0 aromatic rings. The first-order valence-electron chi connectivity index (χ1n) is 3.61. The van der Waals surface area contributed by atoms with Gasteiger partial charge in [0.05, 0.1) is 12.0 Å². The Hall–Kier alpha value is 1.48. The average molecular weight is 277 g/mol. The molecular formula is C7H12CsO3. The van der Waals surface area contributed by atoms with E-state index in [-0.39, 0.29) is 80.9 Å². The van der Waals surface area contributed by atoms with Gasteiger partial charge in [-0.1, -0.05) is 6.42 Å². The van der Waals surface area contributed by atoms with E-state index < -0.39 is 5.97 Å². The number of aliphatic carboxylic acids is 1. The van der Waals surface area contributed by atoms with Gasteiger partial charge >= 0.3 is 5.97 Å². The van der Waals surface area contributed by atoms with E-state index in [1.165, 1.54) is 0 Å². The van der Waals surface area contributed by atoms with Crippen LogP contribution >= 0.6 is 0 Å². The minimum absolute atomic E-state index is 0. The second kappa shape index (κ2) is 6.02. The maximum absolute atomic E-state index is 10.4. The summed E-state index contributed by atoms with van der Waals surface area (Å²) in [4.78, 5) is 10.4. The van der Waals surface area contributed by atoms with Crippen molar-refractivity contribution in [3.8, 4) is 0 Å². The molecule has 1 aliphatic rings. The van der Waals surface area contributed by atoms with Crippen LogP contribution in [0.15, 0.2) is 0 Å². The zero-order valence-electron chi connectivity index (χ0n) is 6.79. The van der Waals surface area contributed by atoms with E-state index in [0.29, 0.717) is 6.42 Å². The first-order chi connectivity index (χ1) is 4.70. The molecule has 1 aliphatic carbocycles. The van der Waals surface area contributed by atoms with Crippen molar-refractivity contribution in [2.75, 3.05) is 0 Å². The second-order valence-electron chi connectivity index (χ2n) is 2.86. The summed E-state index contributed by atoms with van der Waals surface area (Å²) in [6.07, 6.45) is 2.40. The molecule has 1 fully saturated rings. The van der Waals surface area contributed by atoms with Gasteiger partial charge in [-0.2, -0.15) is 0 Å². The Morgan fingerprint density at radius 2 is 2.00 bits per heavy atom. The van der Waals surface area contributed by atoms with Crippen LogP contribution in [0.2, 0.25) is 0 Å². The zero-order valence-corrected chi connectivity index (χ0v) is 13.1. The van der Waals surface area contributed by atoms with Crippen LogP contribution in [0.5, 0.6) is 0 Å². The third-order valence-electron chi connectivity index (χ3n) is 2.00. The van der Waals surface area contributed by atoms with E-state index in [9.17, 15) is 4.79 Å². The number of carboxylic acids is 1. The van der Waals surface area contributed by atoms with Gasteiger partial charge in [-0.15, -0.1) is 0 Å². The molecular weight excluding hydrogens is 265 g/mol. The summed E-state index contributed by atoms with van der Waals surface area (Å²) in [6.45, 7) is 0. The van der Waals surface area contributed by atoms with Crippen LogP contribution in [-0.2, 0) is 4.79 Å². The molecule has 1 rings (SSSR count). The van der Waals surface area contributed by atoms with Crippen molar-refractivity contribution in [2.24, 2.45) is 5.92 Å². The van der Waals surface area contributed by atoms with Crippen LogP contribution in [-0.4, -0.2) is 91.2 Å². The Morgan fingerprint density at radius 3 is 2.36 bits per heavy atom. The van der Waals surface area contributed by atoms with Crippen LogP contribution in [0, 0.1) is 5.92 Å². The SMILES string of the molecule is O=C(O)[C@H]1CCC[C@@H](O)C1.[Cs]. The van der Waals surface area contributed by atoms with Gasteiger partial charge in [0, 0.05) is 68.9 Å². The molecule has 59 valence electrons. The Bertz CT molecular complexity index is 138. The minimum Gasteiger partial charge on any atom is -0.481 e. The van der Waals surface area contributed by atoms with Crippen molar-refractivity contribution < 1.29 is 15.0 Å². The van der Waals surface area contributed by atoms with E-state index in [1.807, 2.05) is 0 Å². The number of aliphatic hydroxyl groups excluding tert-OH is 1. The number of carboxylic acid groups (broad SMARTS) is 1. The van der Waals surface area contributed by atoms with Crippen molar-refractivity contribution >= 4 is 74.9 Å². The van der Waals surface area contributed by atoms with Crippen molar-refractivity contribution in [2.45, 2.75) is 31.8 Å². The molecule has 2 atom stereocenters. The number of hydrogen-bond donors (Lipinski definition) is 2. The number of aliphatic hydroxyl groups is 1. The quantitative estimate of drug-likeness (QED) is 0.722. The van der Waals surface area contributed by atoms with Crippen molar-refractivity contribution in [1.82, 2.24) is 0 Å². The van der Waals surface area contributed by atoms with Gasteiger partial charge in [0.1, 0.15) is 0 Å². The summed E-state index contributed by atoms with van der Waals surface area (Å²) >= 11 is 0. The number of rotatable bonds is 1. The minimum atomic E-state index is -0.765. The molecule has 3 nitrogen and oxygen atoms in total. The van der Waals surface area contributed by atoms with E-state index in [2.05, 4.69) is 0 Å². The normalized spacial score (nSPS) is 30.6. The summed E-state index contributed by atoms with van der Waals surface area (Å²) in [7, 11) is 0. The van der Waals surface area contributed by atoms with E-state index >= 15 is 0 Å². The fourth-order valence-electron chi connectivity index (χ4n) is 1.39. The van der Waals surface area contributed by atoms with Gasteiger partial charge in [-0.05, 0) is 19.3 Å². The predicted molar refractivity (Wildman–Crippen MR) is 41.4 cm³/mol. The molecule has 0 aromatic heterocycles. The van der Waals surface area contributed by atoms with Gasteiger partial charge in [-0.3, -0.25) is 4.79 Å². The van der Waals surface area contributed by atoms with Gasteiger partial charge in [-0.25, -0.2) is 0 Å². The van der Waals surface area contributed by atoms with Crippen molar-refractivity contribution in [1.29, 1.82) is 0 Å². The molecule has 0 spiro atoms. The van der Waals surface area contributed by atoms with Crippen LogP contribution in [0.3, 0.4) is 0 Å². The smallest absolute Gasteiger partial charge is 0.306 e. The van der Waals surface area contributed by atoms with Crippen LogP contribution in [0.1, 0.15) is 25.7 Å². The van der Waals surface area contributed by atoms with Crippen molar-refractivity contribution in [3.63, 3.8) is 0 Å². The largest absolute Gasteiger partial charge is 0.481 e. The summed E-state index contributed by atoms with van der Waals surface area (Å²) < 4.78 is 0. The molecule has 4 heteroatoms. The molecule has 0 aromatic carbocycles. The molecule has 1 saturated carbocycles. The van der Waals surface area contributed by atoms with Gasteiger partial charge in [0.2, 0.25) is 0 Å². The van der Waals surface area contributed by atoms with Crippen LogP contribution in [0.25, 0.3) is 0 Å². The van der Waals surface area contributed by atoms with E-state index in [4.69, 9.17) is 10.2 Å². The molecule has 11 heavy (non-hydrogen) atoms. The topological polar surface area (TPSA) is 57.5 Å². The number of hydrogen-bond acceptors (Lipinski definition) is 2. The zero-order chi connectivity index (χ0) is 7.56. The Labute approximate surface area is 125 Å². The van der Waals surface area contributed by atoms with E-state index in [1.54, 1.807) is 0 Å². The maximum atomic E-state index is 10.4. The summed E-state index contributed by atoms with van der Waals surface area (Å²) in [5.74, 6) is -1.07. The molecule has 0 unspecified atom stereocenters. The summed E-state index contributed by atoms with van der Waals surface area (Å²) in [5.41, 5.74) is 0. The summed E-state index contributed by atoms with van der Waals surface area (Å²) in [5, 5.41) is 17.6. The van der Waals surface area contributed by atoms with E-state index in [0.717, 1.165) is 19.3 Å². The summed E-state index contributed by atoms with van der Waals surface area (Å²) in [6, 6.07) is 0. The van der Waals surface area contributed by atoms with Crippen molar-refractivity contribution in [3.05, 3.63) is 0 Å². The molecule has 0 aliphatic heterocycles. The third kappa shape index (κ3) is 4.31. The fraction of sp³-hybridized carbons (Fsp3) is 0.857. The van der Waals surface area contributed by atoms with Gasteiger partial charge in [0.15, 0.2) is 0 Å². The second-order valence-corrected chi connectivity index (χ2v) is 2.86. The average Bonchev–Trinajstić information content (AvgIpc) is 1.88. The standard InChI is InChI=1S/C7H12O3.Cs/c8-6-3-1-2-5(4-6)7(9)10;/h5-6,8H,1-4H2,(H,9,10);/t5-,6+;/m0./s1. The van der Waals surface area contributed by atoms with Gasteiger partial charge in [0.25, 0.3) is 0 Å². The first kappa shape index (κ1) is 12.5. The first-order valence-corrected chi connectivity index (χ1v) is 3.61. The molecule has 0 saturated heterocycles. The Balaban J connectivity index is 0.000001000. The monoisotopic (exact) mass is 277 g/mol. The Morgan fingerprint density at radius 1 is 1.36 bits per heavy atom. The van der Waals surface area contributed by atoms with Crippen LogP contribution in [0.4, 0.5) is 0 Å². The maximum Gasteiger partial charge on any atom is 0.306 e. The van der Waals surface area contributed by atoms with Gasteiger partial charge < -0.3 is 10.2 Å². The molecule has 2 N–H and O–H groups in total. The molecule has 0 amide bonds. The molecule has 0 heterocycles. The third-order valence-corrected chi connectivity index (χ3v) is 2.00.